The number of aliphatic hydroxyl groups excluding tert-OH is 1. The number of aliphatic hydroxyl groups is 1. The van der Waals surface area contributed by atoms with Crippen molar-refractivity contribution in [1.29, 1.82) is 0 Å². The van der Waals surface area contributed by atoms with Crippen molar-refractivity contribution in [3.8, 4) is 0 Å². The fourth-order valence-electron chi connectivity index (χ4n) is 2.67. The van der Waals surface area contributed by atoms with E-state index in [-0.39, 0.29) is 12.1 Å². The summed E-state index contributed by atoms with van der Waals surface area (Å²) in [5.74, 6) is 0. The third kappa shape index (κ3) is 3.33. The minimum absolute atomic E-state index is 0.189. The van der Waals surface area contributed by atoms with Crippen LogP contribution in [0, 0.1) is 0 Å². The van der Waals surface area contributed by atoms with Gasteiger partial charge in [0, 0.05) is 19.6 Å². The molecule has 1 saturated carbocycles. The van der Waals surface area contributed by atoms with Crippen molar-refractivity contribution in [3.05, 3.63) is 17.5 Å². The third-order valence-electron chi connectivity index (χ3n) is 3.91. The minimum Gasteiger partial charge on any atom is -0.392 e. The molecule has 0 spiro atoms. The smallest absolute Gasteiger partial charge is 0.0693 e. The fraction of sp³-hybridized carbons (Fsp3) is 0.786. The van der Waals surface area contributed by atoms with E-state index in [9.17, 15) is 5.11 Å². The summed E-state index contributed by atoms with van der Waals surface area (Å²) >= 11 is 0. The Morgan fingerprint density at radius 2 is 2.17 bits per heavy atom. The van der Waals surface area contributed by atoms with E-state index < -0.39 is 0 Å². The predicted octanol–water partition coefficient (Wildman–Crippen LogP) is 1.77. The Hall–Kier alpha value is -0.870. The molecule has 102 valence electrons. The van der Waals surface area contributed by atoms with Crippen LogP contribution in [0.2, 0.25) is 0 Å². The Morgan fingerprint density at radius 3 is 2.89 bits per heavy atom. The van der Waals surface area contributed by atoms with Crippen LogP contribution in [0.25, 0.3) is 0 Å². The minimum atomic E-state index is -0.189. The molecule has 0 saturated heterocycles. The molecule has 4 heteroatoms. The van der Waals surface area contributed by atoms with Crippen LogP contribution in [0.5, 0.6) is 0 Å². The number of rotatable bonds is 4. The van der Waals surface area contributed by atoms with E-state index in [1.54, 1.807) is 0 Å². The highest BCUT2D eigenvalue weighted by atomic mass is 16.3. The summed E-state index contributed by atoms with van der Waals surface area (Å²) in [5.41, 5.74) is 2.33. The van der Waals surface area contributed by atoms with E-state index in [0.717, 1.165) is 37.9 Å². The summed E-state index contributed by atoms with van der Waals surface area (Å²) in [7, 11) is 1.99. The Balaban J connectivity index is 1.91. The molecule has 2 atom stereocenters. The van der Waals surface area contributed by atoms with Crippen LogP contribution in [0.1, 0.15) is 50.4 Å². The van der Waals surface area contributed by atoms with Crippen molar-refractivity contribution in [2.24, 2.45) is 7.05 Å². The number of nitrogens with one attached hydrogen (secondary N) is 1. The molecule has 0 bridgehead atoms. The van der Waals surface area contributed by atoms with Gasteiger partial charge in [0.25, 0.3) is 0 Å². The topological polar surface area (TPSA) is 50.1 Å². The zero-order valence-electron chi connectivity index (χ0n) is 11.5. The van der Waals surface area contributed by atoms with Gasteiger partial charge >= 0.3 is 0 Å². The lowest BCUT2D eigenvalue weighted by Gasteiger charge is -2.21. The van der Waals surface area contributed by atoms with Gasteiger partial charge in [0.05, 0.1) is 17.5 Å². The van der Waals surface area contributed by atoms with E-state index in [4.69, 9.17) is 0 Å². The van der Waals surface area contributed by atoms with Gasteiger partial charge in [-0.2, -0.15) is 5.10 Å². The van der Waals surface area contributed by atoms with E-state index in [0.29, 0.717) is 0 Å². The molecule has 1 aromatic heterocycles. The molecule has 18 heavy (non-hydrogen) atoms. The molecule has 2 rings (SSSR count). The SMILES string of the molecule is CCc1cc(CNC2CCCCCC2O)n(C)n1. The standard InChI is InChI=1S/C14H25N3O/c1-3-11-9-12(17(2)16-11)10-15-13-7-5-4-6-8-14(13)18/h9,13-15,18H,3-8,10H2,1-2H3. The second-order valence-corrected chi connectivity index (χ2v) is 5.30. The molecular formula is C14H25N3O. The molecule has 1 aromatic rings. The monoisotopic (exact) mass is 251 g/mol. The van der Waals surface area contributed by atoms with Crippen LogP contribution in [-0.4, -0.2) is 27.0 Å². The maximum absolute atomic E-state index is 10.1. The molecule has 1 fully saturated rings. The molecule has 1 heterocycles. The van der Waals surface area contributed by atoms with E-state index in [1.165, 1.54) is 18.5 Å². The van der Waals surface area contributed by atoms with Gasteiger partial charge in [0.2, 0.25) is 0 Å². The zero-order valence-corrected chi connectivity index (χ0v) is 11.5. The first-order chi connectivity index (χ1) is 8.70. The molecule has 1 aliphatic rings. The fourth-order valence-corrected chi connectivity index (χ4v) is 2.67. The van der Waals surface area contributed by atoms with Crippen LogP contribution in [-0.2, 0) is 20.0 Å². The summed E-state index contributed by atoms with van der Waals surface area (Å²) < 4.78 is 1.94. The third-order valence-corrected chi connectivity index (χ3v) is 3.91. The number of aryl methyl sites for hydroxylation is 2. The molecule has 0 aliphatic heterocycles. The molecule has 0 radical (unpaired) electrons. The number of hydrogen-bond acceptors (Lipinski definition) is 3. The Morgan fingerprint density at radius 1 is 1.39 bits per heavy atom. The van der Waals surface area contributed by atoms with Crippen molar-refractivity contribution in [2.45, 2.75) is 64.1 Å². The van der Waals surface area contributed by atoms with Crippen molar-refractivity contribution in [3.63, 3.8) is 0 Å². The van der Waals surface area contributed by atoms with Crippen LogP contribution in [0.3, 0.4) is 0 Å². The average Bonchev–Trinajstić information content (AvgIpc) is 2.59. The molecule has 4 nitrogen and oxygen atoms in total. The largest absolute Gasteiger partial charge is 0.392 e. The number of aromatic nitrogens is 2. The summed E-state index contributed by atoms with van der Waals surface area (Å²) in [5, 5.41) is 18.0. The van der Waals surface area contributed by atoms with Crippen LogP contribution in [0.4, 0.5) is 0 Å². The van der Waals surface area contributed by atoms with Crippen LogP contribution in [0.15, 0.2) is 6.07 Å². The first-order valence-corrected chi connectivity index (χ1v) is 7.14. The normalized spacial score (nSPS) is 25.1. The number of hydrogen-bond donors (Lipinski definition) is 2. The maximum Gasteiger partial charge on any atom is 0.0693 e. The maximum atomic E-state index is 10.1. The summed E-state index contributed by atoms with van der Waals surface area (Å²) in [6.07, 6.45) is 6.43. The lowest BCUT2D eigenvalue weighted by molar-refractivity contribution is 0.119. The van der Waals surface area contributed by atoms with Crippen LogP contribution >= 0.6 is 0 Å². The highest BCUT2D eigenvalue weighted by molar-refractivity contribution is 5.10. The molecule has 2 unspecified atom stereocenters. The van der Waals surface area contributed by atoms with Crippen molar-refractivity contribution in [1.82, 2.24) is 15.1 Å². The average molecular weight is 251 g/mol. The summed E-state index contributed by atoms with van der Waals surface area (Å²) in [6.45, 7) is 2.92. The van der Waals surface area contributed by atoms with Gasteiger partial charge in [-0.25, -0.2) is 0 Å². The van der Waals surface area contributed by atoms with Gasteiger partial charge in [0.1, 0.15) is 0 Å². The first-order valence-electron chi connectivity index (χ1n) is 7.14. The highest BCUT2D eigenvalue weighted by Crippen LogP contribution is 2.18. The van der Waals surface area contributed by atoms with Gasteiger partial charge in [-0.1, -0.05) is 26.2 Å². The zero-order chi connectivity index (χ0) is 13.0. The quantitative estimate of drug-likeness (QED) is 0.802. The summed E-state index contributed by atoms with van der Waals surface area (Å²) in [4.78, 5) is 0. The van der Waals surface area contributed by atoms with E-state index in [2.05, 4.69) is 23.4 Å². The Kier molecular flexibility index (Phi) is 4.78. The second-order valence-electron chi connectivity index (χ2n) is 5.30. The number of nitrogens with zero attached hydrogens (tertiary/aromatic N) is 2. The summed E-state index contributed by atoms with van der Waals surface area (Å²) in [6, 6.07) is 2.39. The van der Waals surface area contributed by atoms with Gasteiger partial charge in [-0.3, -0.25) is 4.68 Å². The van der Waals surface area contributed by atoms with Crippen molar-refractivity contribution >= 4 is 0 Å². The highest BCUT2D eigenvalue weighted by Gasteiger charge is 2.21. The lowest BCUT2D eigenvalue weighted by atomic mass is 10.1. The van der Waals surface area contributed by atoms with Gasteiger partial charge in [0.15, 0.2) is 0 Å². The Labute approximate surface area is 109 Å². The van der Waals surface area contributed by atoms with Gasteiger partial charge in [-0.05, 0) is 25.3 Å². The predicted molar refractivity (Wildman–Crippen MR) is 72.3 cm³/mol. The lowest BCUT2D eigenvalue weighted by Crippen LogP contribution is -2.38. The van der Waals surface area contributed by atoms with Crippen molar-refractivity contribution in [2.75, 3.05) is 0 Å². The van der Waals surface area contributed by atoms with E-state index >= 15 is 0 Å². The van der Waals surface area contributed by atoms with Crippen LogP contribution < -0.4 is 5.32 Å². The molecule has 2 N–H and O–H groups in total. The Bertz CT molecular complexity index is 375. The van der Waals surface area contributed by atoms with Gasteiger partial charge in [-0.15, -0.1) is 0 Å². The van der Waals surface area contributed by atoms with Crippen molar-refractivity contribution < 1.29 is 5.11 Å². The molecule has 0 amide bonds. The first kappa shape index (κ1) is 13.6. The second kappa shape index (κ2) is 6.34. The molecular weight excluding hydrogens is 226 g/mol. The molecule has 1 aliphatic carbocycles. The van der Waals surface area contributed by atoms with Gasteiger partial charge < -0.3 is 10.4 Å². The van der Waals surface area contributed by atoms with E-state index in [1.807, 2.05) is 11.7 Å². The molecule has 0 aromatic carbocycles.